The molecule has 0 aromatic carbocycles. The summed E-state index contributed by atoms with van der Waals surface area (Å²) in [6.45, 7) is 0.813. The smallest absolute Gasteiger partial charge is 0.310 e. The third-order valence-corrected chi connectivity index (χ3v) is 5.42. The van der Waals surface area contributed by atoms with Crippen molar-refractivity contribution >= 4 is 23.9 Å². The lowest BCUT2D eigenvalue weighted by Crippen LogP contribution is -2.33. The van der Waals surface area contributed by atoms with E-state index in [-0.39, 0.29) is 39.6 Å². The summed E-state index contributed by atoms with van der Waals surface area (Å²) < 4.78 is 20.8. The zero-order chi connectivity index (χ0) is 23.3. The monoisotopic (exact) mass is 454 g/mol. The van der Waals surface area contributed by atoms with E-state index in [1.54, 1.807) is 24.3 Å². The number of carbonyl (C=O) groups is 4. The average Bonchev–Trinajstić information content (AvgIpc) is 2.79. The van der Waals surface area contributed by atoms with Crippen LogP contribution in [0.25, 0.3) is 0 Å². The topological polar surface area (TPSA) is 146 Å². The Kier molecular flexibility index (Phi) is 10.9. The van der Waals surface area contributed by atoms with E-state index in [2.05, 4.69) is 0 Å². The van der Waals surface area contributed by atoms with Gasteiger partial charge in [-0.05, 0) is 25.7 Å². The van der Waals surface area contributed by atoms with Crippen LogP contribution in [-0.4, -0.2) is 73.7 Å². The fraction of sp³-hybridized carbons (Fsp3) is 0.636. The second-order valence-corrected chi connectivity index (χ2v) is 7.55. The number of carboxylic acid groups (broad SMARTS) is 2. The first-order chi connectivity index (χ1) is 15.4. The minimum absolute atomic E-state index is 0.0174. The van der Waals surface area contributed by atoms with Crippen molar-refractivity contribution < 1.29 is 48.3 Å². The Morgan fingerprint density at radius 1 is 0.562 bits per heavy atom. The van der Waals surface area contributed by atoms with Crippen molar-refractivity contribution in [2.45, 2.75) is 25.7 Å². The maximum Gasteiger partial charge on any atom is 0.310 e. The van der Waals surface area contributed by atoms with Crippen LogP contribution in [0.15, 0.2) is 24.3 Å². The third kappa shape index (κ3) is 8.08. The molecular formula is C22H30O10. The zero-order valence-corrected chi connectivity index (χ0v) is 17.9. The quantitative estimate of drug-likeness (QED) is 0.238. The Bertz CT molecular complexity index is 654. The van der Waals surface area contributed by atoms with Crippen LogP contribution in [-0.2, 0) is 38.1 Å². The highest BCUT2D eigenvalue weighted by Crippen LogP contribution is 2.27. The van der Waals surface area contributed by atoms with E-state index in [1.165, 1.54) is 0 Å². The molecule has 32 heavy (non-hydrogen) atoms. The number of aliphatic carboxylic acids is 2. The van der Waals surface area contributed by atoms with Gasteiger partial charge in [0.15, 0.2) is 0 Å². The highest BCUT2D eigenvalue weighted by atomic mass is 16.6. The minimum atomic E-state index is -1.01. The molecule has 0 saturated carbocycles. The highest BCUT2D eigenvalue weighted by molar-refractivity contribution is 5.82. The van der Waals surface area contributed by atoms with E-state index in [1.807, 2.05) is 0 Å². The number of carboxylic acids is 2. The van der Waals surface area contributed by atoms with Gasteiger partial charge in [0.2, 0.25) is 0 Å². The van der Waals surface area contributed by atoms with Gasteiger partial charge in [0.25, 0.3) is 0 Å². The Hall–Kier alpha value is -2.72. The molecule has 0 fully saturated rings. The Morgan fingerprint density at radius 2 is 0.875 bits per heavy atom. The number of allylic oxidation sites excluding steroid dienone is 4. The number of rotatable bonds is 13. The van der Waals surface area contributed by atoms with Crippen LogP contribution in [0.1, 0.15) is 25.7 Å². The molecule has 0 spiro atoms. The first-order valence-corrected chi connectivity index (χ1v) is 10.7. The van der Waals surface area contributed by atoms with E-state index < -0.39 is 47.5 Å². The van der Waals surface area contributed by atoms with Crippen molar-refractivity contribution in [2.24, 2.45) is 23.7 Å². The average molecular weight is 454 g/mol. The van der Waals surface area contributed by atoms with Crippen molar-refractivity contribution in [3.8, 4) is 0 Å². The third-order valence-electron chi connectivity index (χ3n) is 5.42. The molecule has 10 nitrogen and oxygen atoms in total. The molecule has 2 aliphatic carbocycles. The maximum absolute atomic E-state index is 12.1. The van der Waals surface area contributed by atoms with Crippen LogP contribution in [0.3, 0.4) is 0 Å². The van der Waals surface area contributed by atoms with Gasteiger partial charge in [-0.2, -0.15) is 0 Å². The van der Waals surface area contributed by atoms with Gasteiger partial charge >= 0.3 is 23.9 Å². The number of hydrogen-bond donors (Lipinski definition) is 2. The summed E-state index contributed by atoms with van der Waals surface area (Å²) in [6.07, 6.45) is 8.42. The number of hydrogen-bond acceptors (Lipinski definition) is 8. The van der Waals surface area contributed by atoms with Gasteiger partial charge in [-0.15, -0.1) is 0 Å². The van der Waals surface area contributed by atoms with Crippen molar-refractivity contribution in [1.82, 2.24) is 0 Å². The lowest BCUT2D eigenvalue weighted by molar-refractivity contribution is -0.159. The van der Waals surface area contributed by atoms with Crippen LogP contribution < -0.4 is 0 Å². The molecule has 2 aliphatic rings. The number of carbonyl (C=O) groups excluding carboxylic acids is 2. The molecule has 178 valence electrons. The molecule has 0 bridgehead atoms. The van der Waals surface area contributed by atoms with E-state index in [9.17, 15) is 29.4 Å². The van der Waals surface area contributed by atoms with Gasteiger partial charge in [0.1, 0.15) is 13.2 Å². The molecule has 0 amide bonds. The van der Waals surface area contributed by atoms with Crippen molar-refractivity contribution in [2.75, 3.05) is 39.6 Å². The van der Waals surface area contributed by atoms with Crippen LogP contribution in [0.4, 0.5) is 0 Å². The fourth-order valence-electron chi connectivity index (χ4n) is 3.63. The molecule has 10 heteroatoms. The summed E-state index contributed by atoms with van der Waals surface area (Å²) >= 11 is 0. The molecule has 0 saturated heterocycles. The van der Waals surface area contributed by atoms with Gasteiger partial charge in [-0.1, -0.05) is 24.3 Å². The largest absolute Gasteiger partial charge is 0.481 e. The summed E-state index contributed by atoms with van der Waals surface area (Å²) in [4.78, 5) is 46.6. The molecular weight excluding hydrogens is 424 g/mol. The summed E-state index contributed by atoms with van der Waals surface area (Å²) in [6, 6.07) is 0. The van der Waals surface area contributed by atoms with Gasteiger partial charge < -0.3 is 29.2 Å². The van der Waals surface area contributed by atoms with E-state index in [4.69, 9.17) is 18.9 Å². The van der Waals surface area contributed by atoms with Crippen LogP contribution >= 0.6 is 0 Å². The van der Waals surface area contributed by atoms with Gasteiger partial charge in [0.05, 0.1) is 50.1 Å². The Labute approximate surface area is 186 Å². The summed E-state index contributed by atoms with van der Waals surface area (Å²) in [5.41, 5.74) is 0. The SMILES string of the molecule is O=C(OCCOCCOCCOC(=O)[C@H]1CC=CC[C@H]1C(=O)O)[C@H]1CC=CC[C@H]1C(=O)O. The normalized spacial score (nSPS) is 24.6. The molecule has 0 radical (unpaired) electrons. The predicted octanol–water partition coefficient (Wildman–Crippen LogP) is 1.44. The lowest BCUT2D eigenvalue weighted by Gasteiger charge is -2.23. The molecule has 0 aliphatic heterocycles. The Balaban J connectivity index is 1.49. The van der Waals surface area contributed by atoms with E-state index in [0.29, 0.717) is 25.7 Å². The van der Waals surface area contributed by atoms with Crippen molar-refractivity contribution in [3.05, 3.63) is 24.3 Å². The van der Waals surface area contributed by atoms with E-state index >= 15 is 0 Å². The molecule has 0 aromatic rings. The molecule has 0 unspecified atom stereocenters. The molecule has 4 atom stereocenters. The molecule has 0 heterocycles. The first kappa shape index (κ1) is 25.5. The zero-order valence-electron chi connectivity index (χ0n) is 17.9. The van der Waals surface area contributed by atoms with Crippen LogP contribution in [0, 0.1) is 23.7 Å². The minimum Gasteiger partial charge on any atom is -0.481 e. The van der Waals surface area contributed by atoms with Crippen molar-refractivity contribution in [1.29, 1.82) is 0 Å². The molecule has 2 N–H and O–H groups in total. The predicted molar refractivity (Wildman–Crippen MR) is 110 cm³/mol. The summed E-state index contributed by atoms with van der Waals surface area (Å²) in [5.74, 6) is -5.98. The Morgan fingerprint density at radius 3 is 1.22 bits per heavy atom. The van der Waals surface area contributed by atoms with Gasteiger partial charge in [-0.25, -0.2) is 0 Å². The molecule has 2 rings (SSSR count). The standard InChI is InChI=1S/C22H30O10/c23-19(24)15-5-1-3-7-17(15)21(27)31-13-11-29-9-10-30-12-14-32-22(28)18-8-4-2-6-16(18)20(25)26/h1-4,15-18H,5-14H2,(H,23,24)(H,25,26)/t15-,16-,17+,18+/m1/s1. The van der Waals surface area contributed by atoms with Crippen LogP contribution in [0.5, 0.6) is 0 Å². The van der Waals surface area contributed by atoms with E-state index in [0.717, 1.165) is 0 Å². The second kappa shape index (κ2) is 13.6. The van der Waals surface area contributed by atoms with Crippen molar-refractivity contribution in [3.63, 3.8) is 0 Å². The maximum atomic E-state index is 12.1. The summed E-state index contributed by atoms with van der Waals surface area (Å²) in [7, 11) is 0. The first-order valence-electron chi connectivity index (χ1n) is 10.7. The molecule has 0 aromatic heterocycles. The second-order valence-electron chi connectivity index (χ2n) is 7.55. The number of esters is 2. The lowest BCUT2D eigenvalue weighted by atomic mass is 9.83. The summed E-state index contributed by atoms with van der Waals surface area (Å²) in [5, 5.41) is 18.4. The van der Waals surface area contributed by atoms with Crippen LogP contribution in [0.2, 0.25) is 0 Å². The fourth-order valence-corrected chi connectivity index (χ4v) is 3.63. The van der Waals surface area contributed by atoms with Gasteiger partial charge in [0, 0.05) is 0 Å². The highest BCUT2D eigenvalue weighted by Gasteiger charge is 2.36. The number of ether oxygens (including phenoxy) is 4. The van der Waals surface area contributed by atoms with Gasteiger partial charge in [-0.3, -0.25) is 19.2 Å².